The zero-order valence-corrected chi connectivity index (χ0v) is 17.9. The van der Waals surface area contributed by atoms with Gasteiger partial charge in [0.15, 0.2) is 11.5 Å². The number of amides is 2. The van der Waals surface area contributed by atoms with Crippen molar-refractivity contribution in [3.63, 3.8) is 0 Å². The highest BCUT2D eigenvalue weighted by molar-refractivity contribution is 6.31. The Balaban J connectivity index is 1.47. The fraction of sp³-hybridized carbons (Fsp3) is 0.250. The van der Waals surface area contributed by atoms with Crippen LogP contribution in [0.2, 0.25) is 5.02 Å². The molecule has 2 aromatic carbocycles. The van der Waals surface area contributed by atoms with Crippen LogP contribution in [-0.2, 0) is 4.79 Å². The smallest absolute Gasteiger partial charge is 0.289 e. The Bertz CT molecular complexity index is 1060. The Hall–Kier alpha value is -3.25. The summed E-state index contributed by atoms with van der Waals surface area (Å²) >= 11 is 6.16. The summed E-state index contributed by atoms with van der Waals surface area (Å²) in [7, 11) is 0. The quantitative estimate of drug-likeness (QED) is 0.569. The van der Waals surface area contributed by atoms with Crippen molar-refractivity contribution in [3.8, 4) is 11.5 Å². The summed E-state index contributed by atoms with van der Waals surface area (Å²) in [5.41, 5.74) is 1.62. The Kier molecular flexibility index (Phi) is 6.28. The summed E-state index contributed by atoms with van der Waals surface area (Å²) in [4.78, 5) is 27.2. The summed E-state index contributed by atoms with van der Waals surface area (Å²) in [6.07, 6.45) is 2.91. The Morgan fingerprint density at radius 1 is 1.16 bits per heavy atom. The standard InChI is InChI=1S/C24H23ClN2O4/c1-16-6-9-19(10-7-16)31-21-11-8-18(25)14-20(21)26-23(28)17-4-2-12-27(15-17)24(29)22-5-3-13-30-22/h3,5-11,13-14,17H,2,4,12,15H2,1H3,(H,26,28). The van der Waals surface area contributed by atoms with Gasteiger partial charge in [-0.3, -0.25) is 9.59 Å². The summed E-state index contributed by atoms with van der Waals surface area (Å²) in [6, 6.07) is 16.1. The van der Waals surface area contributed by atoms with Gasteiger partial charge in [0, 0.05) is 18.1 Å². The second-order valence-corrected chi connectivity index (χ2v) is 8.05. The average Bonchev–Trinajstić information content (AvgIpc) is 3.31. The predicted molar refractivity (Wildman–Crippen MR) is 119 cm³/mol. The van der Waals surface area contributed by atoms with Gasteiger partial charge in [-0.2, -0.15) is 0 Å². The number of aryl methyl sites for hydroxylation is 1. The molecule has 2 heterocycles. The first kappa shape index (κ1) is 21.0. The molecule has 0 saturated carbocycles. The Labute approximate surface area is 185 Å². The van der Waals surface area contributed by atoms with Crippen LogP contribution in [0.25, 0.3) is 0 Å². The minimum atomic E-state index is -0.334. The SMILES string of the molecule is Cc1ccc(Oc2ccc(Cl)cc2NC(=O)C2CCCN(C(=O)c3ccco3)C2)cc1. The zero-order valence-electron chi connectivity index (χ0n) is 17.1. The molecule has 0 radical (unpaired) electrons. The number of nitrogens with zero attached hydrogens (tertiary/aromatic N) is 1. The fourth-order valence-corrected chi connectivity index (χ4v) is 3.76. The maximum absolute atomic E-state index is 13.0. The first-order valence-corrected chi connectivity index (χ1v) is 10.5. The number of rotatable bonds is 5. The summed E-state index contributed by atoms with van der Waals surface area (Å²) in [6.45, 7) is 2.93. The van der Waals surface area contributed by atoms with Gasteiger partial charge in [0.25, 0.3) is 5.91 Å². The topological polar surface area (TPSA) is 71.8 Å². The molecular formula is C24H23ClN2O4. The number of likely N-dealkylation sites (tertiary alicyclic amines) is 1. The maximum atomic E-state index is 13.0. The van der Waals surface area contributed by atoms with Crippen LogP contribution in [0, 0.1) is 12.8 Å². The fourth-order valence-electron chi connectivity index (χ4n) is 3.59. The normalized spacial score (nSPS) is 16.1. The molecular weight excluding hydrogens is 416 g/mol. The third-order valence-electron chi connectivity index (χ3n) is 5.26. The highest BCUT2D eigenvalue weighted by Gasteiger charge is 2.30. The van der Waals surface area contributed by atoms with Crippen LogP contribution < -0.4 is 10.1 Å². The van der Waals surface area contributed by atoms with Crippen molar-refractivity contribution >= 4 is 29.1 Å². The average molecular weight is 439 g/mol. The van der Waals surface area contributed by atoms with E-state index in [1.165, 1.54) is 6.26 Å². The van der Waals surface area contributed by atoms with Crippen molar-refractivity contribution in [1.29, 1.82) is 0 Å². The second kappa shape index (κ2) is 9.27. The number of hydrogen-bond acceptors (Lipinski definition) is 4. The van der Waals surface area contributed by atoms with Crippen molar-refractivity contribution in [2.45, 2.75) is 19.8 Å². The van der Waals surface area contributed by atoms with E-state index < -0.39 is 0 Å². The monoisotopic (exact) mass is 438 g/mol. The lowest BCUT2D eigenvalue weighted by molar-refractivity contribution is -0.121. The van der Waals surface area contributed by atoms with Crippen LogP contribution in [-0.4, -0.2) is 29.8 Å². The second-order valence-electron chi connectivity index (χ2n) is 7.61. The number of halogens is 1. The molecule has 1 fully saturated rings. The van der Waals surface area contributed by atoms with Gasteiger partial charge in [-0.15, -0.1) is 0 Å². The van der Waals surface area contributed by atoms with Gasteiger partial charge in [0.1, 0.15) is 5.75 Å². The van der Waals surface area contributed by atoms with Gasteiger partial charge in [-0.05, 0) is 62.2 Å². The highest BCUT2D eigenvalue weighted by Crippen LogP contribution is 2.33. The number of hydrogen-bond donors (Lipinski definition) is 1. The summed E-state index contributed by atoms with van der Waals surface area (Å²) < 4.78 is 11.2. The van der Waals surface area contributed by atoms with E-state index in [9.17, 15) is 9.59 Å². The van der Waals surface area contributed by atoms with E-state index in [4.69, 9.17) is 20.8 Å². The molecule has 1 aromatic heterocycles. The molecule has 3 aromatic rings. The van der Waals surface area contributed by atoms with E-state index >= 15 is 0 Å². The van der Waals surface area contributed by atoms with Gasteiger partial charge >= 0.3 is 0 Å². The van der Waals surface area contributed by atoms with Crippen molar-refractivity contribution in [3.05, 3.63) is 77.2 Å². The highest BCUT2D eigenvalue weighted by atomic mass is 35.5. The molecule has 0 aliphatic carbocycles. The number of nitrogens with one attached hydrogen (secondary N) is 1. The van der Waals surface area contributed by atoms with Crippen LogP contribution in [0.4, 0.5) is 5.69 Å². The third-order valence-corrected chi connectivity index (χ3v) is 5.49. The largest absolute Gasteiger partial charge is 0.459 e. The van der Waals surface area contributed by atoms with Crippen LogP contribution in [0.3, 0.4) is 0 Å². The lowest BCUT2D eigenvalue weighted by Gasteiger charge is -2.31. The van der Waals surface area contributed by atoms with E-state index in [-0.39, 0.29) is 23.5 Å². The number of anilines is 1. The minimum absolute atomic E-state index is 0.173. The number of benzene rings is 2. The maximum Gasteiger partial charge on any atom is 0.289 e. The first-order valence-electron chi connectivity index (χ1n) is 10.2. The number of furan rings is 1. The van der Waals surface area contributed by atoms with Gasteiger partial charge < -0.3 is 19.4 Å². The molecule has 1 aliphatic rings. The number of carbonyl (C=O) groups is 2. The van der Waals surface area contributed by atoms with Crippen molar-refractivity contribution in [2.24, 2.45) is 5.92 Å². The molecule has 6 nitrogen and oxygen atoms in total. The molecule has 4 rings (SSSR count). The van der Waals surface area contributed by atoms with Gasteiger partial charge in [0.05, 0.1) is 17.9 Å². The molecule has 0 spiro atoms. The lowest BCUT2D eigenvalue weighted by Crippen LogP contribution is -2.43. The molecule has 31 heavy (non-hydrogen) atoms. The number of ether oxygens (including phenoxy) is 1. The van der Waals surface area contributed by atoms with Crippen molar-refractivity contribution in [2.75, 3.05) is 18.4 Å². The van der Waals surface area contributed by atoms with Crippen LogP contribution in [0.5, 0.6) is 11.5 Å². The van der Waals surface area contributed by atoms with Gasteiger partial charge in [-0.1, -0.05) is 29.3 Å². The molecule has 1 atom stereocenters. The molecule has 7 heteroatoms. The minimum Gasteiger partial charge on any atom is -0.459 e. The molecule has 1 saturated heterocycles. The van der Waals surface area contributed by atoms with E-state index in [1.54, 1.807) is 35.2 Å². The molecule has 2 amide bonds. The van der Waals surface area contributed by atoms with E-state index in [2.05, 4.69) is 5.32 Å². The summed E-state index contributed by atoms with van der Waals surface area (Å²) in [5.74, 6) is 0.738. The third kappa shape index (κ3) is 5.09. The van der Waals surface area contributed by atoms with Gasteiger partial charge in [-0.25, -0.2) is 0 Å². The van der Waals surface area contributed by atoms with E-state index in [1.807, 2.05) is 31.2 Å². The zero-order chi connectivity index (χ0) is 21.8. The van der Waals surface area contributed by atoms with Gasteiger partial charge in [0.2, 0.25) is 5.91 Å². The summed E-state index contributed by atoms with van der Waals surface area (Å²) in [5, 5.41) is 3.43. The van der Waals surface area contributed by atoms with Crippen LogP contribution in [0.1, 0.15) is 29.0 Å². The molecule has 1 N–H and O–H groups in total. The van der Waals surface area contributed by atoms with Crippen LogP contribution >= 0.6 is 11.6 Å². The lowest BCUT2D eigenvalue weighted by atomic mass is 9.96. The van der Waals surface area contributed by atoms with Crippen LogP contribution in [0.15, 0.2) is 65.3 Å². The molecule has 1 aliphatic heterocycles. The first-order chi connectivity index (χ1) is 15.0. The molecule has 1 unspecified atom stereocenters. The van der Waals surface area contributed by atoms with Crippen molar-refractivity contribution < 1.29 is 18.7 Å². The van der Waals surface area contributed by atoms with Crippen molar-refractivity contribution in [1.82, 2.24) is 4.90 Å². The molecule has 160 valence electrons. The van der Waals surface area contributed by atoms with E-state index in [0.29, 0.717) is 41.7 Å². The number of piperidine rings is 1. The predicted octanol–water partition coefficient (Wildman–Crippen LogP) is 5.52. The van der Waals surface area contributed by atoms with E-state index in [0.717, 1.165) is 12.0 Å². The molecule has 0 bridgehead atoms. The number of carbonyl (C=O) groups excluding carboxylic acids is 2. The Morgan fingerprint density at radius 3 is 2.71 bits per heavy atom. The Morgan fingerprint density at radius 2 is 1.97 bits per heavy atom.